The van der Waals surface area contributed by atoms with Crippen LogP contribution in [0.1, 0.15) is 82.7 Å². The molecule has 1 aromatic carbocycles. The van der Waals surface area contributed by atoms with E-state index in [9.17, 15) is 9.90 Å². The molecule has 6 heterocycles. The number of anilines is 1. The van der Waals surface area contributed by atoms with Gasteiger partial charge in [-0.25, -0.2) is 9.78 Å². The summed E-state index contributed by atoms with van der Waals surface area (Å²) in [4.78, 5) is 24.4. The van der Waals surface area contributed by atoms with Crippen molar-refractivity contribution in [2.45, 2.75) is 84.8 Å². The van der Waals surface area contributed by atoms with Gasteiger partial charge in [0.05, 0.1) is 16.9 Å². The Hall–Kier alpha value is -4.04. The van der Waals surface area contributed by atoms with E-state index >= 15 is 0 Å². The van der Waals surface area contributed by atoms with E-state index in [0.717, 1.165) is 79.8 Å². The SMILES string of the molecule is Cc1nc2cc3nn2c(c1[C@H](OC(C)(C)C)C(=O)O)N1CCC(C)(CC/C=C\CCc2ccncc2-c2cccc-3c2)CC1. The zero-order chi connectivity index (χ0) is 31.1. The summed E-state index contributed by atoms with van der Waals surface area (Å²) in [6, 6.07) is 12.5. The van der Waals surface area contributed by atoms with Crippen LogP contribution in [-0.2, 0) is 16.0 Å². The molecule has 1 atom stereocenters. The van der Waals surface area contributed by atoms with Crippen LogP contribution in [0.15, 0.2) is 60.9 Å². The molecule has 230 valence electrons. The second-order valence-corrected chi connectivity index (χ2v) is 13.6. The second-order valence-electron chi connectivity index (χ2n) is 13.6. The van der Waals surface area contributed by atoms with E-state index in [1.54, 1.807) is 0 Å². The summed E-state index contributed by atoms with van der Waals surface area (Å²) in [6.45, 7) is 11.5. The number of carbonyl (C=O) groups is 1. The molecule has 4 aromatic rings. The first-order chi connectivity index (χ1) is 21.0. The highest BCUT2D eigenvalue weighted by Crippen LogP contribution is 2.41. The number of fused-ring (bicyclic) bond motifs is 6. The van der Waals surface area contributed by atoms with E-state index < -0.39 is 17.7 Å². The molecule has 3 aromatic heterocycles. The van der Waals surface area contributed by atoms with Crippen molar-refractivity contribution in [2.24, 2.45) is 5.41 Å². The van der Waals surface area contributed by atoms with Gasteiger partial charge < -0.3 is 14.7 Å². The van der Waals surface area contributed by atoms with Crippen LogP contribution in [0.2, 0.25) is 0 Å². The molecule has 1 fully saturated rings. The summed E-state index contributed by atoms with van der Waals surface area (Å²) in [7, 11) is 0. The summed E-state index contributed by atoms with van der Waals surface area (Å²) < 4.78 is 8.05. The first-order valence-corrected chi connectivity index (χ1v) is 15.8. The lowest BCUT2D eigenvalue weighted by Crippen LogP contribution is -2.41. The van der Waals surface area contributed by atoms with Crippen molar-refractivity contribution in [1.82, 2.24) is 19.6 Å². The molecule has 0 aliphatic carbocycles. The Kier molecular flexibility index (Phi) is 8.05. The predicted molar refractivity (Wildman–Crippen MR) is 174 cm³/mol. The molecule has 44 heavy (non-hydrogen) atoms. The molecular formula is C36H43N5O3. The molecule has 1 saturated heterocycles. The Morgan fingerprint density at radius 2 is 1.80 bits per heavy atom. The largest absolute Gasteiger partial charge is 0.479 e. The number of nitrogens with zero attached hydrogens (tertiary/aromatic N) is 5. The number of aromatic nitrogens is 4. The highest BCUT2D eigenvalue weighted by atomic mass is 16.5. The number of allylic oxidation sites excluding steroid dienone is 2. The molecule has 8 heteroatoms. The number of pyridine rings is 1. The first kappa shape index (κ1) is 30.0. The number of rotatable bonds is 3. The van der Waals surface area contributed by atoms with Crippen molar-refractivity contribution in [3.63, 3.8) is 0 Å². The predicted octanol–water partition coefficient (Wildman–Crippen LogP) is 7.60. The Balaban J connectivity index is 1.55. The molecule has 0 radical (unpaired) electrons. The number of ether oxygens (including phenoxy) is 1. The molecule has 0 saturated carbocycles. The topological polar surface area (TPSA) is 92.8 Å². The summed E-state index contributed by atoms with van der Waals surface area (Å²) in [5.74, 6) is -0.266. The fourth-order valence-corrected chi connectivity index (χ4v) is 6.62. The normalized spacial score (nSPS) is 18.3. The number of benzene rings is 1. The summed E-state index contributed by atoms with van der Waals surface area (Å²) in [5.41, 5.74) is 6.70. The quantitative estimate of drug-likeness (QED) is 0.245. The molecule has 3 aliphatic heterocycles. The third-order valence-corrected chi connectivity index (χ3v) is 9.07. The van der Waals surface area contributed by atoms with E-state index in [1.807, 2.05) is 50.7 Å². The highest BCUT2D eigenvalue weighted by molar-refractivity contribution is 5.79. The maximum atomic E-state index is 12.8. The molecule has 1 N–H and O–H groups in total. The number of carboxylic acid groups (broad SMARTS) is 1. The van der Waals surface area contributed by atoms with Crippen molar-refractivity contribution in [1.29, 1.82) is 0 Å². The third kappa shape index (κ3) is 6.13. The van der Waals surface area contributed by atoms with Gasteiger partial charge in [-0.15, -0.1) is 0 Å². The summed E-state index contributed by atoms with van der Waals surface area (Å²) >= 11 is 0. The van der Waals surface area contributed by atoms with Crippen molar-refractivity contribution < 1.29 is 14.6 Å². The lowest BCUT2D eigenvalue weighted by Gasteiger charge is -2.41. The average molecular weight is 594 g/mol. The number of piperidine rings is 1. The Bertz CT molecular complexity index is 1710. The average Bonchev–Trinajstić information content (AvgIpc) is 3.41. The van der Waals surface area contributed by atoms with Crippen LogP contribution in [0.4, 0.5) is 5.82 Å². The molecular weight excluding hydrogens is 550 g/mol. The minimum absolute atomic E-state index is 0.214. The van der Waals surface area contributed by atoms with Crippen LogP contribution in [-0.4, -0.2) is 49.3 Å². The van der Waals surface area contributed by atoms with E-state index in [0.29, 0.717) is 16.9 Å². The van der Waals surface area contributed by atoms with E-state index in [4.69, 9.17) is 14.8 Å². The van der Waals surface area contributed by atoms with Crippen molar-refractivity contribution >= 4 is 17.4 Å². The molecule has 0 unspecified atom stereocenters. The number of aryl methyl sites for hydroxylation is 2. The van der Waals surface area contributed by atoms with Gasteiger partial charge in [0.2, 0.25) is 0 Å². The molecule has 0 amide bonds. The van der Waals surface area contributed by atoms with E-state index in [-0.39, 0.29) is 5.41 Å². The van der Waals surface area contributed by atoms with Crippen molar-refractivity contribution in [3.05, 3.63) is 77.8 Å². The Morgan fingerprint density at radius 3 is 2.55 bits per heavy atom. The minimum Gasteiger partial charge on any atom is -0.479 e. The van der Waals surface area contributed by atoms with Crippen LogP contribution < -0.4 is 4.90 Å². The van der Waals surface area contributed by atoms with Crippen LogP contribution in [0.5, 0.6) is 0 Å². The van der Waals surface area contributed by atoms with Gasteiger partial charge in [0.15, 0.2) is 11.8 Å². The maximum absolute atomic E-state index is 12.8. The van der Waals surface area contributed by atoms with Crippen molar-refractivity contribution in [2.75, 3.05) is 18.0 Å². The van der Waals surface area contributed by atoms with Gasteiger partial charge in [-0.2, -0.15) is 9.61 Å². The zero-order valence-electron chi connectivity index (χ0n) is 26.5. The highest BCUT2D eigenvalue weighted by Gasteiger charge is 2.37. The Labute approximate surface area is 259 Å². The summed E-state index contributed by atoms with van der Waals surface area (Å²) in [5, 5.41) is 15.6. The summed E-state index contributed by atoms with van der Waals surface area (Å²) in [6.07, 6.45) is 13.4. The lowest BCUT2D eigenvalue weighted by molar-refractivity contribution is -0.160. The second kappa shape index (κ2) is 11.8. The standard InChI is InChI=1S/C36H43N5O3/c1-24-31(32(34(42)43)44-35(2,3)4)33-40-19-16-36(5,17-20-40)15-9-7-6-8-11-25-14-18-37-23-28(25)26-12-10-13-27(21-26)29-22-30(38-24)41(33)39-29/h6-7,10,12-14,18,21-23,32H,8-9,11,15-17,19-20H2,1-5H3,(H,42,43)/b7-6-/t32-/m0/s1. The number of hydrogen-bond donors (Lipinski definition) is 1. The van der Waals surface area contributed by atoms with Crippen LogP contribution >= 0.6 is 0 Å². The third-order valence-electron chi connectivity index (χ3n) is 9.07. The molecule has 8 nitrogen and oxygen atoms in total. The maximum Gasteiger partial charge on any atom is 0.337 e. The van der Waals surface area contributed by atoms with Gasteiger partial charge in [0, 0.05) is 48.4 Å². The zero-order valence-corrected chi connectivity index (χ0v) is 26.5. The minimum atomic E-state index is -1.18. The molecule has 7 rings (SSSR count). The molecule has 3 aliphatic rings. The number of hydrogen-bond acceptors (Lipinski definition) is 6. The van der Waals surface area contributed by atoms with Gasteiger partial charge in [-0.3, -0.25) is 4.98 Å². The van der Waals surface area contributed by atoms with E-state index in [1.165, 1.54) is 5.56 Å². The van der Waals surface area contributed by atoms with Gasteiger partial charge in [0.25, 0.3) is 0 Å². The lowest BCUT2D eigenvalue weighted by atomic mass is 9.76. The number of carboxylic acids is 1. The van der Waals surface area contributed by atoms with Gasteiger partial charge >= 0.3 is 5.97 Å². The first-order valence-electron chi connectivity index (χ1n) is 15.8. The van der Waals surface area contributed by atoms with Crippen LogP contribution in [0.25, 0.3) is 28.0 Å². The number of aliphatic carboxylic acids is 1. The van der Waals surface area contributed by atoms with Crippen molar-refractivity contribution in [3.8, 4) is 22.4 Å². The fraction of sp³-hybridized carbons (Fsp3) is 0.444. The van der Waals surface area contributed by atoms with Gasteiger partial charge in [-0.05, 0) is 94.9 Å². The molecule has 6 bridgehead atoms. The monoisotopic (exact) mass is 593 g/mol. The molecule has 0 spiro atoms. The fourth-order valence-electron chi connectivity index (χ4n) is 6.62. The van der Waals surface area contributed by atoms with Gasteiger partial charge in [0.1, 0.15) is 5.82 Å². The smallest absolute Gasteiger partial charge is 0.337 e. The van der Waals surface area contributed by atoms with Gasteiger partial charge in [-0.1, -0.05) is 37.3 Å². The van der Waals surface area contributed by atoms with Crippen LogP contribution in [0, 0.1) is 12.3 Å². The van der Waals surface area contributed by atoms with E-state index in [2.05, 4.69) is 59.3 Å². The van der Waals surface area contributed by atoms with Crippen LogP contribution in [0.3, 0.4) is 0 Å². The Morgan fingerprint density at radius 1 is 1.05 bits per heavy atom.